The Bertz CT molecular complexity index is 932. The van der Waals surface area contributed by atoms with Crippen molar-refractivity contribution in [3.05, 3.63) is 71.6 Å². The van der Waals surface area contributed by atoms with Gasteiger partial charge < -0.3 is 20.7 Å². The molecule has 2 atom stereocenters. The van der Waals surface area contributed by atoms with Gasteiger partial charge in [-0.15, -0.1) is 0 Å². The van der Waals surface area contributed by atoms with Crippen molar-refractivity contribution >= 4 is 17.5 Å². The van der Waals surface area contributed by atoms with Crippen LogP contribution in [0.25, 0.3) is 11.3 Å². The summed E-state index contributed by atoms with van der Waals surface area (Å²) in [4.78, 5) is 19.3. The molecule has 8 heteroatoms. The third kappa shape index (κ3) is 4.59. The molecule has 1 aromatic carbocycles. The number of hydrogen-bond acceptors (Lipinski definition) is 6. The molecule has 27 heavy (non-hydrogen) atoms. The Morgan fingerprint density at radius 3 is 2.37 bits per heavy atom. The minimum absolute atomic E-state index is 0.145. The van der Waals surface area contributed by atoms with E-state index in [9.17, 15) is 15.0 Å². The summed E-state index contributed by atoms with van der Waals surface area (Å²) in [5.74, 6) is 0.131. The maximum absolute atomic E-state index is 11.0. The predicted molar refractivity (Wildman–Crippen MR) is 99.2 cm³/mol. The van der Waals surface area contributed by atoms with Gasteiger partial charge >= 0.3 is 0 Å². The van der Waals surface area contributed by atoms with E-state index in [0.717, 1.165) is 5.56 Å². The summed E-state index contributed by atoms with van der Waals surface area (Å²) in [5.41, 5.74) is 6.48. The molecule has 0 aliphatic heterocycles. The fourth-order valence-corrected chi connectivity index (χ4v) is 2.46. The quantitative estimate of drug-likeness (QED) is 0.561. The number of primary amides is 1. The molecule has 0 saturated carbocycles. The van der Waals surface area contributed by atoms with Crippen molar-refractivity contribution in [2.75, 3.05) is 0 Å². The highest BCUT2D eigenvalue weighted by atomic mass is 35.5. The second-order valence-electron chi connectivity index (χ2n) is 5.68. The van der Waals surface area contributed by atoms with E-state index in [2.05, 4.69) is 9.97 Å². The van der Waals surface area contributed by atoms with E-state index >= 15 is 0 Å². The monoisotopic (exact) mass is 385 g/mol. The molecule has 0 aliphatic carbocycles. The number of aliphatic hydroxyl groups is 2. The van der Waals surface area contributed by atoms with Crippen molar-refractivity contribution < 1.29 is 19.7 Å². The van der Waals surface area contributed by atoms with E-state index < -0.39 is 18.1 Å². The summed E-state index contributed by atoms with van der Waals surface area (Å²) < 4.78 is 5.68. The molecule has 0 aliphatic rings. The summed E-state index contributed by atoms with van der Waals surface area (Å²) in [5, 5.41) is 20.0. The van der Waals surface area contributed by atoms with Crippen molar-refractivity contribution in [2.45, 2.75) is 12.2 Å². The number of halogens is 1. The SMILES string of the molecule is NC(=O)[C@@H](O)[C@H](O)c1cccc(-c2ccc(Oc3ccc(Cl)nc3)cc2)n1. The highest BCUT2D eigenvalue weighted by Gasteiger charge is 2.24. The van der Waals surface area contributed by atoms with Crippen LogP contribution < -0.4 is 10.5 Å². The highest BCUT2D eigenvalue weighted by molar-refractivity contribution is 6.29. The van der Waals surface area contributed by atoms with Gasteiger partial charge in [-0.05, 0) is 48.5 Å². The van der Waals surface area contributed by atoms with Gasteiger partial charge in [-0.3, -0.25) is 4.79 Å². The van der Waals surface area contributed by atoms with Crippen LogP contribution in [0.4, 0.5) is 0 Å². The molecule has 7 nitrogen and oxygen atoms in total. The lowest BCUT2D eigenvalue weighted by molar-refractivity contribution is -0.132. The van der Waals surface area contributed by atoms with Crippen LogP contribution in [0.1, 0.15) is 11.8 Å². The Morgan fingerprint density at radius 1 is 1.04 bits per heavy atom. The molecule has 0 fully saturated rings. The number of pyridine rings is 2. The molecule has 0 bridgehead atoms. The number of rotatable bonds is 6. The molecule has 138 valence electrons. The van der Waals surface area contributed by atoms with Crippen molar-refractivity contribution in [1.82, 2.24) is 9.97 Å². The number of carbonyl (C=O) groups excluding carboxylic acids is 1. The number of aromatic nitrogens is 2. The largest absolute Gasteiger partial charge is 0.456 e. The van der Waals surface area contributed by atoms with Gasteiger partial charge in [0.05, 0.1) is 17.6 Å². The van der Waals surface area contributed by atoms with Crippen molar-refractivity contribution in [2.24, 2.45) is 5.73 Å². The molecule has 4 N–H and O–H groups in total. The van der Waals surface area contributed by atoms with Crippen LogP contribution in [-0.4, -0.2) is 32.2 Å². The third-order valence-electron chi connectivity index (χ3n) is 3.75. The minimum Gasteiger partial charge on any atom is -0.456 e. The lowest BCUT2D eigenvalue weighted by Crippen LogP contribution is -2.34. The van der Waals surface area contributed by atoms with Gasteiger partial charge in [0.1, 0.15) is 22.8 Å². The number of ether oxygens (including phenoxy) is 1. The zero-order valence-electron chi connectivity index (χ0n) is 14.0. The van der Waals surface area contributed by atoms with E-state index in [1.807, 2.05) is 0 Å². The first-order chi connectivity index (χ1) is 12.9. The second kappa shape index (κ2) is 8.13. The molecule has 0 saturated heterocycles. The van der Waals surface area contributed by atoms with Gasteiger partial charge in [0, 0.05) is 5.56 Å². The minimum atomic E-state index is -1.73. The summed E-state index contributed by atoms with van der Waals surface area (Å²) in [6.07, 6.45) is -1.70. The molecular formula is C19H16ClN3O4. The number of hydrogen-bond donors (Lipinski definition) is 3. The van der Waals surface area contributed by atoms with E-state index in [0.29, 0.717) is 22.3 Å². The second-order valence-corrected chi connectivity index (χ2v) is 6.07. The Balaban J connectivity index is 1.78. The lowest BCUT2D eigenvalue weighted by Gasteiger charge is -2.15. The number of nitrogens with two attached hydrogens (primary N) is 1. The number of benzene rings is 1. The lowest BCUT2D eigenvalue weighted by atomic mass is 10.1. The van der Waals surface area contributed by atoms with Crippen LogP contribution in [0.15, 0.2) is 60.8 Å². The van der Waals surface area contributed by atoms with Gasteiger partial charge in [-0.25, -0.2) is 9.97 Å². The standard InChI is InChI=1S/C19H16ClN3O4/c20-16-9-8-13(10-22-16)27-12-6-4-11(5-7-12)14-2-1-3-15(23-14)17(24)18(25)19(21)26/h1-10,17-18,24-25H,(H2,21,26)/t17-,18+/m1/s1. The Labute approximate surface area is 160 Å². The highest BCUT2D eigenvalue weighted by Crippen LogP contribution is 2.26. The van der Waals surface area contributed by atoms with Gasteiger partial charge in [-0.1, -0.05) is 17.7 Å². The topological polar surface area (TPSA) is 119 Å². The maximum Gasteiger partial charge on any atom is 0.249 e. The summed E-state index contributed by atoms with van der Waals surface area (Å²) >= 11 is 5.74. The van der Waals surface area contributed by atoms with E-state index in [-0.39, 0.29) is 5.69 Å². The van der Waals surface area contributed by atoms with Crippen LogP contribution in [0.5, 0.6) is 11.5 Å². The molecule has 1 amide bonds. The molecule has 0 radical (unpaired) electrons. The first-order valence-corrected chi connectivity index (χ1v) is 8.34. The normalized spacial score (nSPS) is 13.0. The van der Waals surface area contributed by atoms with E-state index in [1.54, 1.807) is 48.5 Å². The Kier molecular flexibility index (Phi) is 5.66. The number of carbonyl (C=O) groups is 1. The smallest absolute Gasteiger partial charge is 0.249 e. The van der Waals surface area contributed by atoms with Gasteiger partial charge in [0.2, 0.25) is 5.91 Å². The molecular weight excluding hydrogens is 370 g/mol. The average Bonchev–Trinajstić information content (AvgIpc) is 2.69. The predicted octanol–water partition coefficient (Wildman–Crippen LogP) is 2.47. The average molecular weight is 386 g/mol. The van der Waals surface area contributed by atoms with Gasteiger partial charge in [0.25, 0.3) is 0 Å². The number of aliphatic hydroxyl groups excluding tert-OH is 2. The number of nitrogens with zero attached hydrogens (tertiary/aromatic N) is 2. The molecule has 3 rings (SSSR count). The maximum atomic E-state index is 11.0. The van der Waals surface area contributed by atoms with Crippen LogP contribution >= 0.6 is 11.6 Å². The fraction of sp³-hybridized carbons (Fsp3) is 0.105. The third-order valence-corrected chi connectivity index (χ3v) is 3.97. The zero-order chi connectivity index (χ0) is 19.4. The molecule has 3 aromatic rings. The van der Waals surface area contributed by atoms with Crippen molar-refractivity contribution in [3.63, 3.8) is 0 Å². The van der Waals surface area contributed by atoms with Gasteiger partial charge in [0.15, 0.2) is 6.10 Å². The van der Waals surface area contributed by atoms with Crippen molar-refractivity contribution in [3.8, 4) is 22.8 Å². The molecule has 0 unspecified atom stereocenters. The Hall–Kier alpha value is -3.00. The first-order valence-electron chi connectivity index (χ1n) is 7.96. The molecule has 2 heterocycles. The summed E-state index contributed by atoms with van der Waals surface area (Å²) in [6, 6.07) is 15.4. The van der Waals surface area contributed by atoms with Crippen LogP contribution in [0, 0.1) is 0 Å². The van der Waals surface area contributed by atoms with E-state index in [4.69, 9.17) is 22.1 Å². The zero-order valence-corrected chi connectivity index (χ0v) is 14.7. The number of amides is 1. The van der Waals surface area contributed by atoms with Gasteiger partial charge in [-0.2, -0.15) is 0 Å². The summed E-state index contributed by atoms with van der Waals surface area (Å²) in [6.45, 7) is 0. The van der Waals surface area contributed by atoms with Crippen LogP contribution in [0.2, 0.25) is 5.15 Å². The van der Waals surface area contributed by atoms with E-state index in [1.165, 1.54) is 12.3 Å². The molecule has 2 aromatic heterocycles. The van der Waals surface area contributed by atoms with Crippen LogP contribution in [0.3, 0.4) is 0 Å². The summed E-state index contributed by atoms with van der Waals surface area (Å²) in [7, 11) is 0. The molecule has 0 spiro atoms. The van der Waals surface area contributed by atoms with Crippen LogP contribution in [-0.2, 0) is 4.79 Å². The van der Waals surface area contributed by atoms with Crippen molar-refractivity contribution in [1.29, 1.82) is 0 Å². The Morgan fingerprint density at radius 2 is 1.74 bits per heavy atom. The fourth-order valence-electron chi connectivity index (χ4n) is 2.35. The first kappa shape index (κ1) is 18.8.